The van der Waals surface area contributed by atoms with Crippen LogP contribution in [0.3, 0.4) is 0 Å². The van der Waals surface area contributed by atoms with E-state index in [1.54, 1.807) is 18.9 Å². The highest BCUT2D eigenvalue weighted by Crippen LogP contribution is 2.35. The van der Waals surface area contributed by atoms with Gasteiger partial charge in [0.1, 0.15) is 5.75 Å². The number of methoxy groups -OCH3 is 1. The van der Waals surface area contributed by atoms with E-state index in [2.05, 4.69) is 44.8 Å². The molecule has 0 aliphatic carbocycles. The van der Waals surface area contributed by atoms with E-state index in [4.69, 9.17) is 4.74 Å². The van der Waals surface area contributed by atoms with Gasteiger partial charge in [0, 0.05) is 9.37 Å². The second-order valence-corrected chi connectivity index (χ2v) is 4.85. The highest BCUT2D eigenvalue weighted by Gasteiger charge is 2.08. The molecule has 0 saturated carbocycles. The van der Waals surface area contributed by atoms with Crippen LogP contribution >= 0.6 is 50.3 Å². The van der Waals surface area contributed by atoms with Crippen LogP contribution in [0.5, 0.6) is 5.75 Å². The number of halogens is 2. The van der Waals surface area contributed by atoms with Crippen LogP contribution in [0.15, 0.2) is 21.5 Å². The molecule has 0 amide bonds. The first-order valence-electron chi connectivity index (χ1n) is 3.26. The Labute approximate surface area is 98.5 Å². The van der Waals surface area contributed by atoms with E-state index in [1.807, 2.05) is 12.1 Å². The fourth-order valence-electron chi connectivity index (χ4n) is 0.859. The summed E-state index contributed by atoms with van der Waals surface area (Å²) in [7, 11) is 1.69. The van der Waals surface area contributed by atoms with Crippen molar-refractivity contribution in [3.8, 4) is 5.75 Å². The predicted molar refractivity (Wildman–Crippen MR) is 65.2 cm³/mol. The van der Waals surface area contributed by atoms with Crippen LogP contribution in [0.1, 0.15) is 0 Å². The molecule has 0 atom stereocenters. The van der Waals surface area contributed by atoms with Crippen molar-refractivity contribution < 1.29 is 4.74 Å². The molecule has 0 aromatic heterocycles. The molecule has 4 heteroatoms. The highest BCUT2D eigenvalue weighted by molar-refractivity contribution is 14.1. The smallest absolute Gasteiger partial charge is 0.133 e. The van der Waals surface area contributed by atoms with Crippen molar-refractivity contribution in [2.45, 2.75) is 4.90 Å². The Hall–Kier alpha value is 0.580. The van der Waals surface area contributed by atoms with Gasteiger partial charge in [-0.2, -0.15) is 0 Å². The fraction of sp³-hybridized carbons (Fsp3) is 0.250. The van der Waals surface area contributed by atoms with E-state index < -0.39 is 0 Å². The van der Waals surface area contributed by atoms with E-state index in [0.717, 1.165) is 13.8 Å². The van der Waals surface area contributed by atoms with Crippen molar-refractivity contribution >= 4 is 50.3 Å². The van der Waals surface area contributed by atoms with Gasteiger partial charge in [0.15, 0.2) is 0 Å². The third-order valence-corrected chi connectivity index (χ3v) is 4.63. The molecule has 0 saturated heterocycles. The minimum Gasteiger partial charge on any atom is -0.496 e. The summed E-state index contributed by atoms with van der Waals surface area (Å²) in [6, 6.07) is 3.97. The Kier molecular flexibility index (Phi) is 4.19. The third-order valence-electron chi connectivity index (χ3n) is 1.44. The zero-order valence-electron chi connectivity index (χ0n) is 6.73. The summed E-state index contributed by atoms with van der Waals surface area (Å²) in [6.07, 6.45) is 2.06. The Bertz CT molecular complexity index is 291. The number of ether oxygens (including phenoxy) is 1. The predicted octanol–water partition coefficient (Wildman–Crippen LogP) is 3.78. The third kappa shape index (κ3) is 2.09. The molecule has 0 radical (unpaired) electrons. The van der Waals surface area contributed by atoms with Crippen LogP contribution in [0.4, 0.5) is 0 Å². The average Bonchev–Trinajstić information content (AvgIpc) is 2.06. The molecule has 0 bridgehead atoms. The zero-order valence-corrected chi connectivity index (χ0v) is 11.3. The summed E-state index contributed by atoms with van der Waals surface area (Å²) in [6.45, 7) is 0. The number of hydrogen-bond donors (Lipinski definition) is 0. The number of hydrogen-bond acceptors (Lipinski definition) is 2. The SMILES string of the molecule is COc1ccc(Br)c(SC)c1I. The first-order chi connectivity index (χ1) is 5.70. The Morgan fingerprint density at radius 2 is 2.17 bits per heavy atom. The van der Waals surface area contributed by atoms with Gasteiger partial charge in [-0.1, -0.05) is 0 Å². The number of thioether (sulfide) groups is 1. The summed E-state index contributed by atoms with van der Waals surface area (Å²) in [5, 5.41) is 0. The zero-order chi connectivity index (χ0) is 9.14. The van der Waals surface area contributed by atoms with Crippen LogP contribution in [0.25, 0.3) is 0 Å². The Morgan fingerprint density at radius 3 is 2.67 bits per heavy atom. The molecular weight excluding hydrogens is 351 g/mol. The molecule has 1 rings (SSSR count). The normalized spacial score (nSPS) is 10.0. The average molecular weight is 359 g/mol. The molecule has 66 valence electrons. The summed E-state index contributed by atoms with van der Waals surface area (Å²) in [5.41, 5.74) is 0. The molecule has 0 aliphatic heterocycles. The van der Waals surface area contributed by atoms with Crippen LogP contribution in [-0.4, -0.2) is 13.4 Å². The molecule has 0 heterocycles. The summed E-state index contributed by atoms with van der Waals surface area (Å²) < 4.78 is 7.49. The van der Waals surface area contributed by atoms with Gasteiger partial charge in [-0.3, -0.25) is 0 Å². The van der Waals surface area contributed by atoms with Gasteiger partial charge < -0.3 is 4.74 Å². The van der Waals surface area contributed by atoms with E-state index in [-0.39, 0.29) is 0 Å². The first kappa shape index (κ1) is 10.7. The molecule has 0 fully saturated rings. The lowest BCUT2D eigenvalue weighted by Gasteiger charge is -2.08. The number of benzene rings is 1. The van der Waals surface area contributed by atoms with Gasteiger partial charge in [0.25, 0.3) is 0 Å². The van der Waals surface area contributed by atoms with Crippen molar-refractivity contribution in [1.82, 2.24) is 0 Å². The van der Waals surface area contributed by atoms with E-state index >= 15 is 0 Å². The van der Waals surface area contributed by atoms with Crippen LogP contribution in [0.2, 0.25) is 0 Å². The second-order valence-electron chi connectivity index (χ2n) is 2.10. The molecule has 1 aromatic carbocycles. The topological polar surface area (TPSA) is 9.23 Å². The second kappa shape index (κ2) is 4.72. The lowest BCUT2D eigenvalue weighted by molar-refractivity contribution is 0.410. The summed E-state index contributed by atoms with van der Waals surface area (Å²) in [5.74, 6) is 0.933. The molecule has 0 unspecified atom stereocenters. The van der Waals surface area contributed by atoms with Gasteiger partial charge in [-0.25, -0.2) is 0 Å². The number of rotatable bonds is 2. The van der Waals surface area contributed by atoms with E-state index in [0.29, 0.717) is 0 Å². The van der Waals surface area contributed by atoms with Gasteiger partial charge in [-0.15, -0.1) is 11.8 Å². The largest absolute Gasteiger partial charge is 0.496 e. The highest BCUT2D eigenvalue weighted by atomic mass is 127. The Balaban J connectivity index is 3.24. The monoisotopic (exact) mass is 358 g/mol. The molecule has 0 spiro atoms. The lowest BCUT2D eigenvalue weighted by Crippen LogP contribution is -1.89. The molecule has 0 aliphatic rings. The van der Waals surface area contributed by atoms with Crippen molar-refractivity contribution in [2.24, 2.45) is 0 Å². The van der Waals surface area contributed by atoms with Crippen molar-refractivity contribution in [1.29, 1.82) is 0 Å². The van der Waals surface area contributed by atoms with E-state index in [9.17, 15) is 0 Å². The standard InChI is InChI=1S/C8H8BrIOS/c1-11-6-4-3-5(9)8(12-2)7(6)10/h3-4H,1-2H3. The van der Waals surface area contributed by atoms with Gasteiger partial charge in [0.05, 0.1) is 10.7 Å². The molecule has 0 N–H and O–H groups in total. The summed E-state index contributed by atoms with van der Waals surface area (Å²) in [4.78, 5) is 1.23. The van der Waals surface area contributed by atoms with Gasteiger partial charge in [0.2, 0.25) is 0 Å². The Morgan fingerprint density at radius 1 is 1.50 bits per heavy atom. The molecule has 12 heavy (non-hydrogen) atoms. The quantitative estimate of drug-likeness (QED) is 0.587. The maximum absolute atomic E-state index is 5.20. The van der Waals surface area contributed by atoms with Crippen LogP contribution in [0, 0.1) is 3.57 Å². The maximum atomic E-state index is 5.20. The van der Waals surface area contributed by atoms with E-state index in [1.165, 1.54) is 4.90 Å². The van der Waals surface area contributed by atoms with Gasteiger partial charge in [-0.05, 0) is 56.9 Å². The fourth-order valence-corrected chi connectivity index (χ4v) is 3.94. The van der Waals surface area contributed by atoms with Crippen molar-refractivity contribution in [3.05, 3.63) is 20.2 Å². The maximum Gasteiger partial charge on any atom is 0.133 e. The van der Waals surface area contributed by atoms with Crippen LogP contribution in [-0.2, 0) is 0 Å². The molecule has 1 aromatic rings. The minimum absolute atomic E-state index is 0.933. The van der Waals surface area contributed by atoms with Crippen molar-refractivity contribution in [3.63, 3.8) is 0 Å². The minimum atomic E-state index is 0.933. The van der Waals surface area contributed by atoms with Crippen LogP contribution < -0.4 is 4.74 Å². The lowest BCUT2D eigenvalue weighted by atomic mass is 10.3. The van der Waals surface area contributed by atoms with Gasteiger partial charge >= 0.3 is 0 Å². The van der Waals surface area contributed by atoms with Crippen molar-refractivity contribution in [2.75, 3.05) is 13.4 Å². The first-order valence-corrected chi connectivity index (χ1v) is 6.36. The molecule has 1 nitrogen and oxygen atoms in total. The molecular formula is C8H8BrIOS. The summed E-state index contributed by atoms with van der Waals surface area (Å²) >= 11 is 7.50.